The predicted molar refractivity (Wildman–Crippen MR) is 119 cm³/mol. The Hall–Kier alpha value is -2.87. The number of benzene rings is 2. The molecule has 4 rings (SSSR count). The fraction of sp³-hybridized carbons (Fsp3) is 0.269. The average molecular weight is 369 g/mol. The molecule has 142 valence electrons. The number of nitrogens with zero attached hydrogens (tertiary/aromatic N) is 2. The minimum Gasteiger partial charge on any atom is -0.342 e. The van der Waals surface area contributed by atoms with Crippen LogP contribution in [0.1, 0.15) is 41.7 Å². The summed E-state index contributed by atoms with van der Waals surface area (Å²) in [4.78, 5) is 4.88. The fourth-order valence-electron chi connectivity index (χ4n) is 4.29. The molecule has 0 amide bonds. The van der Waals surface area contributed by atoms with Crippen molar-refractivity contribution >= 4 is 10.9 Å². The van der Waals surface area contributed by atoms with Gasteiger partial charge in [-0.2, -0.15) is 0 Å². The second kappa shape index (κ2) is 7.63. The highest BCUT2D eigenvalue weighted by Gasteiger charge is 2.12. The lowest BCUT2D eigenvalue weighted by Gasteiger charge is -2.13. The summed E-state index contributed by atoms with van der Waals surface area (Å²) >= 11 is 0. The molecule has 0 bridgehead atoms. The number of hydrogen-bond acceptors (Lipinski definition) is 1. The van der Waals surface area contributed by atoms with Gasteiger partial charge in [0, 0.05) is 23.7 Å². The monoisotopic (exact) mass is 368 g/mol. The molecule has 0 saturated carbocycles. The first-order valence-corrected chi connectivity index (χ1v) is 10.2. The van der Waals surface area contributed by atoms with Gasteiger partial charge >= 0.3 is 0 Å². The van der Waals surface area contributed by atoms with Gasteiger partial charge in [0.15, 0.2) is 0 Å². The summed E-state index contributed by atoms with van der Waals surface area (Å²) in [6.07, 6.45) is 6.27. The van der Waals surface area contributed by atoms with Crippen LogP contribution in [0.3, 0.4) is 0 Å². The molecule has 2 aromatic carbocycles. The molecule has 2 aromatic heterocycles. The molecule has 0 saturated heterocycles. The minimum absolute atomic E-state index is 0.874. The number of rotatable bonds is 5. The van der Waals surface area contributed by atoms with E-state index in [0.29, 0.717) is 0 Å². The number of aromatic nitrogens is 2. The van der Waals surface area contributed by atoms with Crippen LogP contribution in [0.2, 0.25) is 0 Å². The normalized spacial score (nSPS) is 11.3. The first-order chi connectivity index (χ1) is 13.6. The second-order valence-corrected chi connectivity index (χ2v) is 7.73. The van der Waals surface area contributed by atoms with Gasteiger partial charge in [-0.3, -0.25) is 4.98 Å². The van der Waals surface area contributed by atoms with Crippen LogP contribution >= 0.6 is 0 Å². The SMILES string of the molecule is CCc1cccc(CC)c1-c1cc2ccn(Cc3cc(C)cc(C)c3)c2cn1. The number of pyridine rings is 1. The lowest BCUT2D eigenvalue weighted by atomic mass is 9.94. The van der Waals surface area contributed by atoms with E-state index in [1.807, 2.05) is 6.20 Å². The number of fused-ring (bicyclic) bond motifs is 1. The Morgan fingerprint density at radius 3 is 2.18 bits per heavy atom. The smallest absolute Gasteiger partial charge is 0.0715 e. The molecule has 0 fully saturated rings. The van der Waals surface area contributed by atoms with Gasteiger partial charge in [-0.1, -0.05) is 61.4 Å². The maximum atomic E-state index is 4.88. The zero-order valence-corrected chi connectivity index (χ0v) is 17.3. The highest BCUT2D eigenvalue weighted by molar-refractivity contribution is 5.84. The zero-order chi connectivity index (χ0) is 19.7. The summed E-state index contributed by atoms with van der Waals surface area (Å²) < 4.78 is 2.30. The van der Waals surface area contributed by atoms with Crippen molar-refractivity contribution in [2.45, 2.75) is 47.1 Å². The Morgan fingerprint density at radius 2 is 1.54 bits per heavy atom. The summed E-state index contributed by atoms with van der Waals surface area (Å²) in [6.45, 7) is 9.64. The minimum atomic E-state index is 0.874. The first-order valence-electron chi connectivity index (χ1n) is 10.2. The van der Waals surface area contributed by atoms with Crippen LogP contribution in [0, 0.1) is 13.8 Å². The average Bonchev–Trinajstić information content (AvgIpc) is 3.08. The van der Waals surface area contributed by atoms with E-state index in [0.717, 1.165) is 25.1 Å². The van der Waals surface area contributed by atoms with Crippen LogP contribution in [-0.4, -0.2) is 9.55 Å². The van der Waals surface area contributed by atoms with Gasteiger partial charge in [-0.15, -0.1) is 0 Å². The Kier molecular flexibility index (Phi) is 5.04. The Morgan fingerprint density at radius 1 is 0.857 bits per heavy atom. The molecule has 0 unspecified atom stereocenters. The van der Waals surface area contributed by atoms with E-state index in [4.69, 9.17) is 4.98 Å². The predicted octanol–water partition coefficient (Wildman–Crippen LogP) is 6.49. The highest BCUT2D eigenvalue weighted by atomic mass is 15.0. The maximum absolute atomic E-state index is 4.88. The largest absolute Gasteiger partial charge is 0.342 e. The van der Waals surface area contributed by atoms with Crippen LogP contribution in [0.15, 0.2) is 60.9 Å². The molecule has 28 heavy (non-hydrogen) atoms. The van der Waals surface area contributed by atoms with E-state index in [-0.39, 0.29) is 0 Å². The number of aryl methyl sites for hydroxylation is 4. The third kappa shape index (κ3) is 3.47. The molecule has 0 atom stereocenters. The molecule has 2 nitrogen and oxygen atoms in total. The standard InChI is InChI=1S/C26H28N2/c1-5-21-8-7-9-22(6-2)26(21)24-15-23-10-11-28(25(23)16-27-24)17-20-13-18(3)12-19(4)14-20/h7-16H,5-6,17H2,1-4H3. The van der Waals surface area contributed by atoms with Crippen molar-refractivity contribution in [2.24, 2.45) is 0 Å². The van der Waals surface area contributed by atoms with Crippen molar-refractivity contribution in [1.82, 2.24) is 9.55 Å². The second-order valence-electron chi connectivity index (χ2n) is 7.73. The fourth-order valence-corrected chi connectivity index (χ4v) is 4.29. The highest BCUT2D eigenvalue weighted by Crippen LogP contribution is 2.30. The lowest BCUT2D eigenvalue weighted by Crippen LogP contribution is -2.00. The topological polar surface area (TPSA) is 17.8 Å². The van der Waals surface area contributed by atoms with Gasteiger partial charge in [0.1, 0.15) is 0 Å². The van der Waals surface area contributed by atoms with Gasteiger partial charge in [0.2, 0.25) is 0 Å². The molecular formula is C26H28N2. The van der Waals surface area contributed by atoms with E-state index in [1.54, 1.807) is 0 Å². The van der Waals surface area contributed by atoms with Crippen LogP contribution in [0.4, 0.5) is 0 Å². The number of hydrogen-bond donors (Lipinski definition) is 0. The molecule has 0 aliphatic carbocycles. The lowest BCUT2D eigenvalue weighted by molar-refractivity contribution is 0.833. The molecule has 2 heteroatoms. The van der Waals surface area contributed by atoms with Crippen molar-refractivity contribution in [3.63, 3.8) is 0 Å². The quantitative estimate of drug-likeness (QED) is 0.393. The van der Waals surface area contributed by atoms with Crippen LogP contribution in [0.5, 0.6) is 0 Å². The Labute approximate surface area is 167 Å². The molecule has 0 spiro atoms. The van der Waals surface area contributed by atoms with E-state index < -0.39 is 0 Å². The van der Waals surface area contributed by atoms with Crippen molar-refractivity contribution < 1.29 is 0 Å². The van der Waals surface area contributed by atoms with Crippen LogP contribution < -0.4 is 0 Å². The van der Waals surface area contributed by atoms with E-state index in [9.17, 15) is 0 Å². The Balaban J connectivity index is 1.75. The third-order valence-corrected chi connectivity index (χ3v) is 5.55. The van der Waals surface area contributed by atoms with Crippen molar-refractivity contribution in [3.05, 3.63) is 88.7 Å². The molecule has 0 aliphatic rings. The van der Waals surface area contributed by atoms with Crippen LogP contribution in [-0.2, 0) is 19.4 Å². The van der Waals surface area contributed by atoms with E-state index in [1.165, 1.54) is 44.3 Å². The van der Waals surface area contributed by atoms with Gasteiger partial charge in [0.05, 0.1) is 17.4 Å². The third-order valence-electron chi connectivity index (χ3n) is 5.55. The molecule has 0 aliphatic heterocycles. The van der Waals surface area contributed by atoms with E-state index >= 15 is 0 Å². The zero-order valence-electron chi connectivity index (χ0n) is 17.3. The summed E-state index contributed by atoms with van der Waals surface area (Å²) in [5.74, 6) is 0. The maximum Gasteiger partial charge on any atom is 0.0715 e. The Bertz CT molecular complexity index is 1090. The molecule has 4 aromatic rings. The molecule has 0 radical (unpaired) electrons. The molecule has 2 heterocycles. The van der Waals surface area contributed by atoms with Crippen LogP contribution in [0.25, 0.3) is 22.2 Å². The molecular weight excluding hydrogens is 340 g/mol. The van der Waals surface area contributed by atoms with Gasteiger partial charge < -0.3 is 4.57 Å². The van der Waals surface area contributed by atoms with Gasteiger partial charge in [-0.05, 0) is 55.5 Å². The first kappa shape index (κ1) is 18.5. The van der Waals surface area contributed by atoms with Crippen molar-refractivity contribution in [2.75, 3.05) is 0 Å². The molecule has 0 N–H and O–H groups in total. The summed E-state index contributed by atoms with van der Waals surface area (Å²) in [7, 11) is 0. The van der Waals surface area contributed by atoms with Crippen molar-refractivity contribution in [3.8, 4) is 11.3 Å². The van der Waals surface area contributed by atoms with Crippen molar-refractivity contribution in [1.29, 1.82) is 0 Å². The van der Waals surface area contributed by atoms with E-state index in [2.05, 4.69) is 87.0 Å². The summed E-state index contributed by atoms with van der Waals surface area (Å²) in [5, 5.41) is 1.25. The van der Waals surface area contributed by atoms with Gasteiger partial charge in [-0.25, -0.2) is 0 Å². The summed E-state index contributed by atoms with van der Waals surface area (Å²) in [5.41, 5.74) is 10.3. The summed E-state index contributed by atoms with van der Waals surface area (Å²) in [6, 6.07) is 17.8. The van der Waals surface area contributed by atoms with Gasteiger partial charge in [0.25, 0.3) is 0 Å².